The molecule has 0 fully saturated rings. The molecule has 2 N–H and O–H groups in total. The molecule has 19 heavy (non-hydrogen) atoms. The van der Waals surface area contributed by atoms with Crippen LogP contribution in [0.2, 0.25) is 0 Å². The van der Waals surface area contributed by atoms with Crippen LogP contribution in [0.15, 0.2) is 6.07 Å². The second-order valence-electron chi connectivity index (χ2n) is 5.97. The number of aryl methyl sites for hydroxylation is 2. The minimum atomic E-state index is -0.345. The highest BCUT2D eigenvalue weighted by molar-refractivity contribution is 7.14. The normalized spacial score (nSPS) is 13.4. The summed E-state index contributed by atoms with van der Waals surface area (Å²) in [5.74, 6) is -0.00790. The predicted molar refractivity (Wildman–Crippen MR) is 80.8 cm³/mol. The van der Waals surface area contributed by atoms with Crippen LogP contribution < -0.4 is 5.32 Å². The van der Waals surface area contributed by atoms with Crippen molar-refractivity contribution in [2.45, 2.75) is 53.6 Å². The number of carbonyl (C=O) groups is 1. The summed E-state index contributed by atoms with van der Waals surface area (Å²) in [6.45, 7) is 10.6. The number of hydrogen-bond acceptors (Lipinski definition) is 3. The van der Waals surface area contributed by atoms with Gasteiger partial charge in [0.1, 0.15) is 0 Å². The van der Waals surface area contributed by atoms with E-state index in [1.165, 1.54) is 10.4 Å². The maximum absolute atomic E-state index is 12.1. The van der Waals surface area contributed by atoms with Crippen molar-refractivity contribution in [1.29, 1.82) is 0 Å². The Kier molecular flexibility index (Phi) is 5.56. The van der Waals surface area contributed by atoms with Crippen molar-refractivity contribution in [3.63, 3.8) is 0 Å². The summed E-state index contributed by atoms with van der Waals surface area (Å²) in [6, 6.07) is 1.96. The molecule has 108 valence electrons. The van der Waals surface area contributed by atoms with E-state index in [-0.39, 0.29) is 17.4 Å². The molecule has 0 bridgehead atoms. The third kappa shape index (κ3) is 4.96. The van der Waals surface area contributed by atoms with E-state index in [1.54, 1.807) is 18.3 Å². The monoisotopic (exact) mass is 283 g/mol. The lowest BCUT2D eigenvalue weighted by Crippen LogP contribution is -2.35. The van der Waals surface area contributed by atoms with Crippen LogP contribution in [0.4, 0.5) is 0 Å². The number of nitrogens with one attached hydrogen (secondary N) is 1. The summed E-state index contributed by atoms with van der Waals surface area (Å²) in [6.07, 6.45) is 1.30. The number of aliphatic hydroxyl groups excluding tert-OH is 1. The van der Waals surface area contributed by atoms with Crippen molar-refractivity contribution in [2.75, 3.05) is 6.54 Å². The minimum absolute atomic E-state index is 0.00790. The van der Waals surface area contributed by atoms with Gasteiger partial charge < -0.3 is 10.4 Å². The van der Waals surface area contributed by atoms with Crippen LogP contribution in [0.1, 0.15) is 54.2 Å². The fourth-order valence-corrected chi connectivity index (χ4v) is 3.29. The van der Waals surface area contributed by atoms with E-state index in [9.17, 15) is 9.90 Å². The second kappa shape index (κ2) is 6.53. The Morgan fingerprint density at radius 1 is 1.53 bits per heavy atom. The Morgan fingerprint density at radius 2 is 2.16 bits per heavy atom. The molecule has 0 radical (unpaired) electrons. The molecule has 0 aliphatic rings. The molecule has 1 aromatic rings. The molecule has 1 aromatic heterocycles. The Balaban J connectivity index is 2.60. The number of aliphatic hydroxyl groups is 1. The molecule has 1 amide bonds. The minimum Gasteiger partial charge on any atom is -0.393 e. The lowest BCUT2D eigenvalue weighted by atomic mass is 9.87. The van der Waals surface area contributed by atoms with E-state index < -0.39 is 0 Å². The number of thiophene rings is 1. The Hall–Kier alpha value is -0.870. The maximum atomic E-state index is 12.1. The van der Waals surface area contributed by atoms with Crippen LogP contribution >= 0.6 is 11.3 Å². The van der Waals surface area contributed by atoms with Gasteiger partial charge in [0, 0.05) is 11.4 Å². The summed E-state index contributed by atoms with van der Waals surface area (Å²) in [7, 11) is 0. The van der Waals surface area contributed by atoms with Crippen LogP contribution in [-0.4, -0.2) is 23.7 Å². The van der Waals surface area contributed by atoms with Crippen LogP contribution in [0.3, 0.4) is 0 Å². The van der Waals surface area contributed by atoms with Gasteiger partial charge in [0.25, 0.3) is 5.91 Å². The average molecular weight is 283 g/mol. The summed E-state index contributed by atoms with van der Waals surface area (Å²) in [4.78, 5) is 14.1. The van der Waals surface area contributed by atoms with Crippen molar-refractivity contribution in [2.24, 2.45) is 5.41 Å². The van der Waals surface area contributed by atoms with E-state index in [2.05, 4.69) is 26.1 Å². The molecule has 0 saturated carbocycles. The SMILES string of the molecule is CCc1sc(C(=O)NCC(C)(C)CC(C)O)cc1C. The van der Waals surface area contributed by atoms with Gasteiger partial charge in [-0.05, 0) is 43.7 Å². The molecule has 1 heterocycles. The molecule has 0 spiro atoms. The molecule has 0 aliphatic carbocycles. The fraction of sp³-hybridized carbons (Fsp3) is 0.667. The highest BCUT2D eigenvalue weighted by Crippen LogP contribution is 2.24. The average Bonchev–Trinajstić information content (AvgIpc) is 2.66. The van der Waals surface area contributed by atoms with E-state index in [0.29, 0.717) is 13.0 Å². The first-order chi connectivity index (χ1) is 8.75. The Bertz CT molecular complexity index is 435. The van der Waals surface area contributed by atoms with Gasteiger partial charge in [0.2, 0.25) is 0 Å². The molecule has 4 heteroatoms. The maximum Gasteiger partial charge on any atom is 0.261 e. The number of rotatable bonds is 6. The van der Waals surface area contributed by atoms with Crippen molar-refractivity contribution in [3.8, 4) is 0 Å². The fourth-order valence-electron chi connectivity index (χ4n) is 2.26. The highest BCUT2D eigenvalue weighted by atomic mass is 32.1. The van der Waals surface area contributed by atoms with Crippen LogP contribution in [0, 0.1) is 12.3 Å². The van der Waals surface area contributed by atoms with E-state index in [4.69, 9.17) is 0 Å². The lowest BCUT2D eigenvalue weighted by molar-refractivity contribution is 0.0906. The first-order valence-corrected chi connectivity index (χ1v) is 7.62. The zero-order chi connectivity index (χ0) is 14.6. The van der Waals surface area contributed by atoms with Crippen LogP contribution in [0.25, 0.3) is 0 Å². The summed E-state index contributed by atoms with van der Waals surface area (Å²) < 4.78 is 0. The summed E-state index contributed by atoms with van der Waals surface area (Å²) in [5.41, 5.74) is 1.10. The second-order valence-corrected chi connectivity index (χ2v) is 7.11. The largest absolute Gasteiger partial charge is 0.393 e. The summed E-state index contributed by atoms with van der Waals surface area (Å²) >= 11 is 1.57. The van der Waals surface area contributed by atoms with E-state index >= 15 is 0 Å². The molecule has 0 saturated heterocycles. The first kappa shape index (κ1) is 16.2. The topological polar surface area (TPSA) is 49.3 Å². The third-order valence-electron chi connectivity index (χ3n) is 3.14. The van der Waals surface area contributed by atoms with Gasteiger partial charge in [-0.25, -0.2) is 0 Å². The molecule has 1 atom stereocenters. The molecule has 3 nitrogen and oxygen atoms in total. The summed E-state index contributed by atoms with van der Waals surface area (Å²) in [5, 5.41) is 12.4. The van der Waals surface area contributed by atoms with E-state index in [0.717, 1.165) is 11.3 Å². The quantitative estimate of drug-likeness (QED) is 0.842. The zero-order valence-corrected chi connectivity index (χ0v) is 13.4. The van der Waals surface area contributed by atoms with Gasteiger partial charge in [-0.3, -0.25) is 4.79 Å². The van der Waals surface area contributed by atoms with Gasteiger partial charge in [-0.15, -0.1) is 11.3 Å². The van der Waals surface area contributed by atoms with E-state index in [1.807, 2.05) is 13.0 Å². The van der Waals surface area contributed by atoms with Crippen LogP contribution in [0.5, 0.6) is 0 Å². The van der Waals surface area contributed by atoms with Gasteiger partial charge in [0.15, 0.2) is 0 Å². The van der Waals surface area contributed by atoms with Gasteiger partial charge in [-0.2, -0.15) is 0 Å². The molecule has 0 aromatic carbocycles. The smallest absolute Gasteiger partial charge is 0.261 e. The molecular weight excluding hydrogens is 258 g/mol. The highest BCUT2D eigenvalue weighted by Gasteiger charge is 2.22. The number of hydrogen-bond donors (Lipinski definition) is 2. The molecular formula is C15H25NO2S. The van der Waals surface area contributed by atoms with Crippen molar-refractivity contribution in [3.05, 3.63) is 21.4 Å². The Labute approximate surface area is 120 Å². The van der Waals surface area contributed by atoms with Crippen LogP contribution in [-0.2, 0) is 6.42 Å². The van der Waals surface area contributed by atoms with Gasteiger partial charge >= 0.3 is 0 Å². The van der Waals surface area contributed by atoms with Gasteiger partial charge in [-0.1, -0.05) is 20.8 Å². The van der Waals surface area contributed by atoms with Crippen molar-refractivity contribution >= 4 is 17.2 Å². The number of carbonyl (C=O) groups excluding carboxylic acids is 1. The number of amides is 1. The van der Waals surface area contributed by atoms with Crippen molar-refractivity contribution < 1.29 is 9.90 Å². The Morgan fingerprint density at radius 3 is 2.63 bits per heavy atom. The first-order valence-electron chi connectivity index (χ1n) is 6.80. The van der Waals surface area contributed by atoms with Crippen molar-refractivity contribution in [1.82, 2.24) is 5.32 Å². The third-order valence-corrected chi connectivity index (χ3v) is 4.52. The molecule has 1 rings (SSSR count). The lowest BCUT2D eigenvalue weighted by Gasteiger charge is -2.26. The molecule has 0 aliphatic heterocycles. The molecule has 1 unspecified atom stereocenters. The standard InChI is InChI=1S/C15H25NO2S/c1-6-12-10(2)7-13(19-12)14(18)16-9-15(4,5)8-11(3)17/h7,11,17H,6,8-9H2,1-5H3,(H,16,18). The van der Waals surface area contributed by atoms with Gasteiger partial charge in [0.05, 0.1) is 11.0 Å². The predicted octanol–water partition coefficient (Wildman–Crippen LogP) is 3.15. The zero-order valence-electron chi connectivity index (χ0n) is 12.5.